The smallest absolute Gasteiger partial charge is 0.0959 e. The fourth-order valence-corrected chi connectivity index (χ4v) is 1.80. The predicted octanol–water partition coefficient (Wildman–Crippen LogP) is 3.20. The number of fused-ring (bicyclic) bond motifs is 1. The molecular weight excluding hydrogens is 207 g/mol. The Morgan fingerprint density at radius 3 is 2.62 bits per heavy atom. The van der Waals surface area contributed by atoms with E-state index in [0.717, 1.165) is 11.4 Å². The fraction of sp³-hybridized carbons (Fsp3) is 0.333. The molecule has 1 aromatic rings. The zero-order valence-corrected chi connectivity index (χ0v) is 8.95. The largest absolute Gasteiger partial charge is 0.364 e. The minimum Gasteiger partial charge on any atom is -0.364 e. The summed E-state index contributed by atoms with van der Waals surface area (Å²) >= 11 is 11.8. The predicted molar refractivity (Wildman–Crippen MR) is 57.9 cm³/mol. The molecule has 0 bridgehead atoms. The highest BCUT2D eigenvalue weighted by Crippen LogP contribution is 2.39. The van der Waals surface area contributed by atoms with E-state index in [1.807, 2.05) is 19.2 Å². The molecule has 0 aromatic heterocycles. The molecule has 0 amide bonds. The van der Waals surface area contributed by atoms with E-state index in [2.05, 4.69) is 17.1 Å². The van der Waals surface area contributed by atoms with Crippen LogP contribution in [0.2, 0.25) is 10.0 Å². The molecule has 70 valence electrons. The van der Waals surface area contributed by atoms with Crippen LogP contribution in [0.4, 0.5) is 11.4 Å². The van der Waals surface area contributed by atoms with Crippen LogP contribution in [0.15, 0.2) is 12.1 Å². The van der Waals surface area contributed by atoms with E-state index in [0.29, 0.717) is 16.2 Å². The Morgan fingerprint density at radius 2 is 1.92 bits per heavy atom. The Hall–Kier alpha value is -0.600. The Labute approximate surface area is 87.4 Å². The molecule has 0 saturated carbocycles. The summed E-state index contributed by atoms with van der Waals surface area (Å²) in [6, 6.07) is 3.74. The summed E-state index contributed by atoms with van der Waals surface area (Å²) in [6.07, 6.45) is 0.296. The van der Waals surface area contributed by atoms with E-state index in [1.54, 1.807) is 0 Å². The maximum absolute atomic E-state index is 5.92. The van der Waals surface area contributed by atoms with Crippen molar-refractivity contribution in [2.75, 3.05) is 17.3 Å². The molecule has 0 spiro atoms. The highest BCUT2D eigenvalue weighted by Gasteiger charge is 2.22. The van der Waals surface area contributed by atoms with Gasteiger partial charge in [0.1, 0.15) is 0 Å². The van der Waals surface area contributed by atoms with Crippen LogP contribution in [0, 0.1) is 0 Å². The minimum absolute atomic E-state index is 0.296. The summed E-state index contributed by atoms with van der Waals surface area (Å²) in [6.45, 7) is 2.09. The van der Waals surface area contributed by atoms with Gasteiger partial charge in [0, 0.05) is 7.05 Å². The van der Waals surface area contributed by atoms with E-state index in [9.17, 15) is 0 Å². The van der Waals surface area contributed by atoms with Gasteiger partial charge in [0.15, 0.2) is 0 Å². The van der Waals surface area contributed by atoms with Crippen LogP contribution < -0.4 is 10.2 Å². The number of nitrogens with one attached hydrogen (secondary N) is 1. The number of anilines is 2. The van der Waals surface area contributed by atoms with Gasteiger partial charge in [0.05, 0.1) is 27.6 Å². The number of benzene rings is 1. The molecule has 0 radical (unpaired) electrons. The Morgan fingerprint density at radius 1 is 1.31 bits per heavy atom. The van der Waals surface area contributed by atoms with Gasteiger partial charge in [-0.1, -0.05) is 23.2 Å². The van der Waals surface area contributed by atoms with Gasteiger partial charge in [-0.2, -0.15) is 0 Å². The van der Waals surface area contributed by atoms with Crippen LogP contribution in [0.25, 0.3) is 0 Å². The molecule has 2 rings (SSSR count). The Bertz CT molecular complexity index is 352. The highest BCUT2D eigenvalue weighted by atomic mass is 35.5. The molecule has 1 unspecified atom stereocenters. The van der Waals surface area contributed by atoms with Gasteiger partial charge in [-0.3, -0.25) is 0 Å². The van der Waals surface area contributed by atoms with Crippen molar-refractivity contribution in [3.8, 4) is 0 Å². The SMILES string of the molecule is CC1Nc2cc(Cl)c(Cl)cc2N1C. The van der Waals surface area contributed by atoms with Crippen LogP contribution in [0.3, 0.4) is 0 Å². The van der Waals surface area contributed by atoms with Crippen molar-refractivity contribution in [3.05, 3.63) is 22.2 Å². The number of hydrogen-bond acceptors (Lipinski definition) is 2. The fourth-order valence-electron chi connectivity index (χ4n) is 1.47. The van der Waals surface area contributed by atoms with Gasteiger partial charge in [0.25, 0.3) is 0 Å². The van der Waals surface area contributed by atoms with Crippen LogP contribution >= 0.6 is 23.2 Å². The lowest BCUT2D eigenvalue weighted by Gasteiger charge is -2.17. The molecule has 1 N–H and O–H groups in total. The van der Waals surface area contributed by atoms with Crippen LogP contribution in [0.5, 0.6) is 0 Å². The van der Waals surface area contributed by atoms with Crippen molar-refractivity contribution in [2.45, 2.75) is 13.1 Å². The first-order valence-electron chi connectivity index (χ1n) is 4.08. The lowest BCUT2D eigenvalue weighted by Crippen LogP contribution is -2.28. The van der Waals surface area contributed by atoms with Crippen LogP contribution in [-0.4, -0.2) is 13.2 Å². The number of rotatable bonds is 0. The highest BCUT2D eigenvalue weighted by molar-refractivity contribution is 6.42. The normalized spacial score (nSPS) is 20.0. The summed E-state index contributed by atoms with van der Waals surface area (Å²) in [7, 11) is 2.02. The standard InChI is InChI=1S/C9H10Cl2N2/c1-5-12-8-3-6(10)7(11)4-9(8)13(5)2/h3-5,12H,1-2H3. The molecule has 1 aromatic carbocycles. The van der Waals surface area contributed by atoms with Crippen molar-refractivity contribution >= 4 is 34.6 Å². The first-order valence-corrected chi connectivity index (χ1v) is 4.83. The van der Waals surface area contributed by atoms with Gasteiger partial charge in [-0.15, -0.1) is 0 Å². The monoisotopic (exact) mass is 216 g/mol. The molecule has 0 aliphatic carbocycles. The van der Waals surface area contributed by atoms with E-state index < -0.39 is 0 Å². The molecule has 13 heavy (non-hydrogen) atoms. The van der Waals surface area contributed by atoms with Gasteiger partial charge < -0.3 is 10.2 Å². The summed E-state index contributed by atoms with van der Waals surface area (Å²) in [5.74, 6) is 0. The summed E-state index contributed by atoms with van der Waals surface area (Å²) in [5, 5.41) is 4.49. The average Bonchev–Trinajstić information content (AvgIpc) is 2.32. The van der Waals surface area contributed by atoms with E-state index >= 15 is 0 Å². The topological polar surface area (TPSA) is 15.3 Å². The molecule has 1 aliphatic heterocycles. The van der Waals surface area contributed by atoms with Crippen molar-refractivity contribution in [1.82, 2.24) is 0 Å². The van der Waals surface area contributed by atoms with Crippen molar-refractivity contribution in [3.63, 3.8) is 0 Å². The maximum Gasteiger partial charge on any atom is 0.0959 e. The molecule has 0 saturated heterocycles. The lowest BCUT2D eigenvalue weighted by molar-refractivity contribution is 0.806. The first-order chi connectivity index (χ1) is 6.09. The van der Waals surface area contributed by atoms with Crippen LogP contribution in [-0.2, 0) is 0 Å². The summed E-state index contributed by atoms with van der Waals surface area (Å²) < 4.78 is 0. The van der Waals surface area contributed by atoms with Gasteiger partial charge in [-0.25, -0.2) is 0 Å². The molecule has 1 heterocycles. The second-order valence-electron chi connectivity index (χ2n) is 3.21. The molecule has 0 fully saturated rings. The molecule has 1 atom stereocenters. The van der Waals surface area contributed by atoms with Crippen molar-refractivity contribution < 1.29 is 0 Å². The van der Waals surface area contributed by atoms with Gasteiger partial charge in [0.2, 0.25) is 0 Å². The number of halogens is 2. The third kappa shape index (κ3) is 1.34. The first kappa shape index (κ1) is 8.97. The zero-order chi connectivity index (χ0) is 9.59. The Balaban J connectivity index is 2.53. The van der Waals surface area contributed by atoms with Gasteiger partial charge >= 0.3 is 0 Å². The minimum atomic E-state index is 0.296. The quantitative estimate of drug-likeness (QED) is 0.717. The average molecular weight is 217 g/mol. The van der Waals surface area contributed by atoms with E-state index in [-0.39, 0.29) is 0 Å². The third-order valence-corrected chi connectivity index (χ3v) is 3.09. The third-order valence-electron chi connectivity index (χ3n) is 2.36. The zero-order valence-electron chi connectivity index (χ0n) is 7.44. The molecule has 4 heteroatoms. The maximum atomic E-state index is 5.92. The van der Waals surface area contributed by atoms with E-state index in [4.69, 9.17) is 23.2 Å². The number of hydrogen-bond donors (Lipinski definition) is 1. The summed E-state index contributed by atoms with van der Waals surface area (Å²) in [5.41, 5.74) is 2.14. The van der Waals surface area contributed by atoms with E-state index in [1.165, 1.54) is 0 Å². The number of nitrogens with zero attached hydrogens (tertiary/aromatic N) is 1. The van der Waals surface area contributed by atoms with Crippen molar-refractivity contribution in [2.24, 2.45) is 0 Å². The molecule has 1 aliphatic rings. The Kier molecular flexibility index (Phi) is 2.05. The van der Waals surface area contributed by atoms with Gasteiger partial charge in [-0.05, 0) is 19.1 Å². The van der Waals surface area contributed by atoms with Crippen LogP contribution in [0.1, 0.15) is 6.92 Å². The second-order valence-corrected chi connectivity index (χ2v) is 4.03. The second kappa shape index (κ2) is 2.96. The summed E-state index contributed by atoms with van der Waals surface area (Å²) in [4.78, 5) is 2.12. The molecule has 2 nitrogen and oxygen atoms in total. The van der Waals surface area contributed by atoms with Crippen molar-refractivity contribution in [1.29, 1.82) is 0 Å². The lowest BCUT2D eigenvalue weighted by atomic mass is 10.3. The molecular formula is C9H10Cl2N2.